The lowest BCUT2D eigenvalue weighted by molar-refractivity contribution is -0.138. The molecule has 0 amide bonds. The number of aliphatic carboxylic acids is 1. The van der Waals surface area contributed by atoms with Crippen molar-refractivity contribution in [3.63, 3.8) is 0 Å². The van der Waals surface area contributed by atoms with Gasteiger partial charge in [0.25, 0.3) is 0 Å². The van der Waals surface area contributed by atoms with E-state index in [1.165, 1.54) is 6.33 Å². The van der Waals surface area contributed by atoms with Crippen LogP contribution in [0.2, 0.25) is 0 Å². The fourth-order valence-electron chi connectivity index (χ4n) is 2.33. The molecule has 23 heavy (non-hydrogen) atoms. The highest BCUT2D eigenvalue weighted by Crippen LogP contribution is 2.33. The van der Waals surface area contributed by atoms with Gasteiger partial charge in [0.2, 0.25) is 0 Å². The van der Waals surface area contributed by atoms with E-state index in [4.69, 9.17) is 9.47 Å². The van der Waals surface area contributed by atoms with Gasteiger partial charge in [-0.25, -0.2) is 14.8 Å². The minimum absolute atomic E-state index is 0.472. The number of unbranched alkanes of at least 4 members (excludes halogenated alkanes) is 1. The van der Waals surface area contributed by atoms with E-state index in [-0.39, 0.29) is 0 Å². The molecule has 1 atom stereocenters. The maximum Gasteiger partial charge on any atom is 0.326 e. The first kappa shape index (κ1) is 16.8. The van der Waals surface area contributed by atoms with E-state index < -0.39 is 12.0 Å². The van der Waals surface area contributed by atoms with Gasteiger partial charge in [-0.05, 0) is 12.5 Å². The largest absolute Gasteiger partial charge is 0.493 e. The molecule has 0 fully saturated rings. The summed E-state index contributed by atoms with van der Waals surface area (Å²) in [6.45, 7) is 2.02. The summed E-state index contributed by atoms with van der Waals surface area (Å²) in [5.74, 6) is 0.675. The fraction of sp³-hybridized carbons (Fsp3) is 0.438. The van der Waals surface area contributed by atoms with Gasteiger partial charge in [0.15, 0.2) is 11.5 Å². The van der Waals surface area contributed by atoms with Crippen molar-refractivity contribution in [1.82, 2.24) is 9.97 Å². The maximum absolute atomic E-state index is 11.4. The van der Waals surface area contributed by atoms with Crippen LogP contribution in [0.5, 0.6) is 11.5 Å². The normalized spacial score (nSPS) is 12.0. The van der Waals surface area contributed by atoms with Crippen LogP contribution in [0.25, 0.3) is 10.9 Å². The molecule has 2 aromatic rings. The number of hydrogen-bond donors (Lipinski definition) is 2. The van der Waals surface area contributed by atoms with Crippen LogP contribution in [-0.4, -0.2) is 41.3 Å². The number of carboxylic acid groups (broad SMARTS) is 1. The second-order valence-corrected chi connectivity index (χ2v) is 5.12. The van der Waals surface area contributed by atoms with Gasteiger partial charge in [-0.2, -0.15) is 0 Å². The van der Waals surface area contributed by atoms with E-state index in [1.807, 2.05) is 6.92 Å². The van der Waals surface area contributed by atoms with Crippen LogP contribution in [0.15, 0.2) is 18.5 Å². The molecule has 0 saturated carbocycles. The Kier molecular flexibility index (Phi) is 5.56. The van der Waals surface area contributed by atoms with Crippen LogP contribution in [-0.2, 0) is 4.79 Å². The SMILES string of the molecule is CCCCC(Nc1ncnc2cc(OC)c(OC)cc12)C(=O)O. The van der Waals surface area contributed by atoms with Crippen molar-refractivity contribution < 1.29 is 19.4 Å². The van der Waals surface area contributed by atoms with E-state index >= 15 is 0 Å². The van der Waals surface area contributed by atoms with Crippen molar-refractivity contribution >= 4 is 22.7 Å². The molecule has 0 aliphatic rings. The van der Waals surface area contributed by atoms with Crippen molar-refractivity contribution in [3.8, 4) is 11.5 Å². The quantitative estimate of drug-likeness (QED) is 0.772. The molecule has 7 nitrogen and oxygen atoms in total. The average Bonchev–Trinajstić information content (AvgIpc) is 2.57. The van der Waals surface area contributed by atoms with Crippen molar-refractivity contribution in [3.05, 3.63) is 18.5 Å². The Morgan fingerprint density at radius 1 is 1.26 bits per heavy atom. The van der Waals surface area contributed by atoms with Crippen LogP contribution < -0.4 is 14.8 Å². The van der Waals surface area contributed by atoms with E-state index in [0.717, 1.165) is 12.8 Å². The number of ether oxygens (including phenoxy) is 2. The maximum atomic E-state index is 11.4. The highest BCUT2D eigenvalue weighted by atomic mass is 16.5. The van der Waals surface area contributed by atoms with E-state index in [9.17, 15) is 9.90 Å². The molecular weight excluding hydrogens is 298 g/mol. The molecule has 1 heterocycles. The first-order valence-electron chi connectivity index (χ1n) is 7.46. The van der Waals surface area contributed by atoms with Gasteiger partial charge >= 0.3 is 5.97 Å². The second kappa shape index (κ2) is 7.62. The van der Waals surface area contributed by atoms with Gasteiger partial charge in [0, 0.05) is 11.5 Å². The molecule has 0 aliphatic carbocycles. The van der Waals surface area contributed by atoms with Crippen LogP contribution in [0.4, 0.5) is 5.82 Å². The summed E-state index contributed by atoms with van der Waals surface area (Å²) in [6, 6.07) is 2.79. The van der Waals surface area contributed by atoms with Crippen LogP contribution in [0, 0.1) is 0 Å². The predicted octanol–water partition coefficient (Wildman–Crippen LogP) is 2.70. The number of nitrogens with one attached hydrogen (secondary N) is 1. The topological polar surface area (TPSA) is 93.6 Å². The van der Waals surface area contributed by atoms with Crippen molar-refractivity contribution in [2.75, 3.05) is 19.5 Å². The lowest BCUT2D eigenvalue weighted by Crippen LogP contribution is -2.29. The Balaban J connectivity index is 2.41. The molecule has 0 radical (unpaired) electrons. The van der Waals surface area contributed by atoms with E-state index in [1.54, 1.807) is 26.4 Å². The summed E-state index contributed by atoms with van der Waals surface area (Å²) >= 11 is 0. The average molecular weight is 319 g/mol. The number of aromatic nitrogens is 2. The van der Waals surface area contributed by atoms with Gasteiger partial charge in [-0.1, -0.05) is 19.8 Å². The van der Waals surface area contributed by atoms with Crippen LogP contribution >= 0.6 is 0 Å². The zero-order valence-corrected chi connectivity index (χ0v) is 13.5. The number of nitrogens with zero attached hydrogens (tertiary/aromatic N) is 2. The van der Waals surface area contributed by atoms with Crippen molar-refractivity contribution in [2.45, 2.75) is 32.2 Å². The van der Waals surface area contributed by atoms with Gasteiger partial charge in [-0.3, -0.25) is 0 Å². The zero-order chi connectivity index (χ0) is 16.8. The lowest BCUT2D eigenvalue weighted by atomic mass is 10.1. The minimum atomic E-state index is -0.898. The molecule has 2 N–H and O–H groups in total. The van der Waals surface area contributed by atoms with E-state index in [0.29, 0.717) is 34.6 Å². The third-order valence-corrected chi connectivity index (χ3v) is 3.60. The Bertz CT molecular complexity index is 690. The highest BCUT2D eigenvalue weighted by Gasteiger charge is 2.19. The molecule has 1 unspecified atom stereocenters. The van der Waals surface area contributed by atoms with Gasteiger partial charge in [0.1, 0.15) is 18.2 Å². The number of hydrogen-bond acceptors (Lipinski definition) is 6. The molecular formula is C16H21N3O4. The third kappa shape index (κ3) is 3.80. The molecule has 0 aliphatic heterocycles. The smallest absolute Gasteiger partial charge is 0.326 e. The van der Waals surface area contributed by atoms with E-state index in [2.05, 4.69) is 15.3 Å². The number of anilines is 1. The molecule has 0 spiro atoms. The van der Waals surface area contributed by atoms with Crippen LogP contribution in [0.3, 0.4) is 0 Å². The first-order valence-corrected chi connectivity index (χ1v) is 7.46. The van der Waals surface area contributed by atoms with Crippen molar-refractivity contribution in [1.29, 1.82) is 0 Å². The summed E-state index contributed by atoms with van der Waals surface area (Å²) in [4.78, 5) is 19.8. The standard InChI is InChI=1S/C16H21N3O4/c1-4-5-6-11(16(20)21)19-15-10-7-13(22-2)14(23-3)8-12(10)17-9-18-15/h7-9,11H,4-6H2,1-3H3,(H,20,21)(H,17,18,19). The fourth-order valence-corrected chi connectivity index (χ4v) is 2.33. The number of carboxylic acids is 1. The summed E-state index contributed by atoms with van der Waals surface area (Å²) in [5, 5.41) is 13.1. The molecule has 2 rings (SSSR count). The summed E-state index contributed by atoms with van der Waals surface area (Å²) < 4.78 is 10.5. The number of carbonyl (C=O) groups is 1. The Morgan fingerprint density at radius 2 is 1.96 bits per heavy atom. The first-order chi connectivity index (χ1) is 11.1. The zero-order valence-electron chi connectivity index (χ0n) is 13.5. The van der Waals surface area contributed by atoms with Gasteiger partial charge < -0.3 is 19.9 Å². The molecule has 0 saturated heterocycles. The predicted molar refractivity (Wildman–Crippen MR) is 87.2 cm³/mol. The number of methoxy groups -OCH3 is 2. The highest BCUT2D eigenvalue weighted by molar-refractivity contribution is 5.93. The summed E-state index contributed by atoms with van der Waals surface area (Å²) in [7, 11) is 3.09. The monoisotopic (exact) mass is 319 g/mol. The molecule has 124 valence electrons. The van der Waals surface area contributed by atoms with Crippen molar-refractivity contribution in [2.24, 2.45) is 0 Å². The summed E-state index contributed by atoms with van der Waals surface area (Å²) in [6.07, 6.45) is 3.69. The Morgan fingerprint density at radius 3 is 2.57 bits per heavy atom. The van der Waals surface area contributed by atoms with Gasteiger partial charge in [-0.15, -0.1) is 0 Å². The Labute approximate surface area is 134 Å². The Hall–Kier alpha value is -2.57. The van der Waals surface area contributed by atoms with Gasteiger partial charge in [0.05, 0.1) is 19.7 Å². The number of benzene rings is 1. The molecule has 1 aromatic heterocycles. The number of rotatable bonds is 8. The molecule has 7 heteroatoms. The number of fused-ring (bicyclic) bond motifs is 1. The minimum Gasteiger partial charge on any atom is -0.493 e. The summed E-state index contributed by atoms with van der Waals surface area (Å²) in [5.41, 5.74) is 0.653. The second-order valence-electron chi connectivity index (χ2n) is 5.12. The van der Waals surface area contributed by atoms with Crippen LogP contribution in [0.1, 0.15) is 26.2 Å². The third-order valence-electron chi connectivity index (χ3n) is 3.60. The lowest BCUT2D eigenvalue weighted by Gasteiger charge is -2.16. The molecule has 0 bridgehead atoms. The molecule has 1 aromatic carbocycles.